The Morgan fingerprint density at radius 2 is 1.84 bits per heavy atom. The van der Waals surface area contributed by atoms with Crippen LogP contribution in [0.1, 0.15) is 12.8 Å². The summed E-state index contributed by atoms with van der Waals surface area (Å²) in [6.45, 7) is 2.02. The zero-order valence-corrected chi connectivity index (χ0v) is 12.0. The maximum atomic E-state index is 5.80. The normalized spacial score (nSPS) is 15.4. The third-order valence-corrected chi connectivity index (χ3v) is 3.03. The molecule has 3 rings (SSSR count). The molecular formula is C13H17Cl2N3O. The van der Waals surface area contributed by atoms with Crippen LogP contribution >= 0.6 is 24.8 Å². The molecule has 0 amide bonds. The molecule has 1 aromatic heterocycles. The number of nitrogens with one attached hydrogen (secondary N) is 1. The second kappa shape index (κ2) is 7.48. The largest absolute Gasteiger partial charge is 0.460 e. The van der Waals surface area contributed by atoms with Gasteiger partial charge in [-0.15, -0.1) is 24.8 Å². The van der Waals surface area contributed by atoms with Gasteiger partial charge in [-0.2, -0.15) is 4.98 Å². The Kier molecular flexibility index (Phi) is 6.28. The molecule has 6 heteroatoms. The Bertz CT molecular complexity index is 518. The topological polar surface area (TPSA) is 47.0 Å². The summed E-state index contributed by atoms with van der Waals surface area (Å²) < 4.78 is 5.80. The van der Waals surface area contributed by atoms with Crippen LogP contribution in [0.25, 0.3) is 10.9 Å². The van der Waals surface area contributed by atoms with E-state index in [0.29, 0.717) is 6.01 Å². The summed E-state index contributed by atoms with van der Waals surface area (Å²) in [7, 11) is 0. The summed E-state index contributed by atoms with van der Waals surface area (Å²) in [5.41, 5.74) is 0.937. The number of piperidine rings is 1. The molecule has 104 valence electrons. The van der Waals surface area contributed by atoms with Gasteiger partial charge in [-0.05, 0) is 32.0 Å². The van der Waals surface area contributed by atoms with Gasteiger partial charge in [0.15, 0.2) is 0 Å². The molecular weight excluding hydrogens is 285 g/mol. The maximum absolute atomic E-state index is 5.80. The van der Waals surface area contributed by atoms with E-state index in [-0.39, 0.29) is 30.9 Å². The summed E-state index contributed by atoms with van der Waals surface area (Å²) in [5.74, 6) is 0. The van der Waals surface area contributed by atoms with Crippen molar-refractivity contribution in [1.29, 1.82) is 0 Å². The van der Waals surface area contributed by atoms with Crippen molar-refractivity contribution >= 4 is 35.7 Å². The number of rotatable bonds is 2. The molecule has 1 N–H and O–H groups in total. The van der Waals surface area contributed by atoms with Crippen molar-refractivity contribution in [3.63, 3.8) is 0 Å². The lowest BCUT2D eigenvalue weighted by Gasteiger charge is -2.22. The summed E-state index contributed by atoms with van der Waals surface area (Å²) in [4.78, 5) is 8.66. The number of nitrogens with zero attached hydrogens (tertiary/aromatic N) is 2. The highest BCUT2D eigenvalue weighted by atomic mass is 35.5. The van der Waals surface area contributed by atoms with Gasteiger partial charge < -0.3 is 10.1 Å². The number of hydrogen-bond donors (Lipinski definition) is 1. The van der Waals surface area contributed by atoms with E-state index in [1.165, 1.54) is 0 Å². The Morgan fingerprint density at radius 1 is 1.11 bits per heavy atom. The number of aromatic nitrogens is 2. The lowest BCUT2D eigenvalue weighted by molar-refractivity contribution is 0.149. The Morgan fingerprint density at radius 3 is 2.63 bits per heavy atom. The molecule has 1 fully saturated rings. The number of hydrogen-bond acceptors (Lipinski definition) is 4. The highest BCUT2D eigenvalue weighted by molar-refractivity contribution is 5.85. The van der Waals surface area contributed by atoms with Crippen LogP contribution < -0.4 is 10.1 Å². The molecule has 1 aliphatic heterocycles. The zero-order chi connectivity index (χ0) is 11.5. The van der Waals surface area contributed by atoms with Crippen molar-refractivity contribution in [2.75, 3.05) is 13.1 Å². The first-order chi connectivity index (χ1) is 8.42. The third-order valence-electron chi connectivity index (χ3n) is 3.03. The third kappa shape index (κ3) is 3.93. The maximum Gasteiger partial charge on any atom is 0.317 e. The predicted molar refractivity (Wildman–Crippen MR) is 80.6 cm³/mol. The fraction of sp³-hybridized carbons (Fsp3) is 0.385. The molecule has 0 saturated carbocycles. The monoisotopic (exact) mass is 301 g/mol. The highest BCUT2D eigenvalue weighted by Crippen LogP contribution is 2.16. The quantitative estimate of drug-likeness (QED) is 0.926. The van der Waals surface area contributed by atoms with E-state index >= 15 is 0 Å². The minimum atomic E-state index is 0. The fourth-order valence-electron chi connectivity index (χ4n) is 2.07. The first-order valence-electron chi connectivity index (χ1n) is 6.01. The van der Waals surface area contributed by atoms with Gasteiger partial charge in [0, 0.05) is 11.6 Å². The Labute approximate surface area is 124 Å². The molecule has 0 radical (unpaired) electrons. The van der Waals surface area contributed by atoms with E-state index in [2.05, 4.69) is 15.3 Å². The number of benzene rings is 1. The standard InChI is InChI=1S/C13H15N3O.2ClH/c1-2-4-12-10(3-1)9-15-13(16-12)17-11-5-7-14-8-6-11;;/h1-4,9,11,14H,5-8H2;2*1H. The summed E-state index contributed by atoms with van der Waals surface area (Å²) >= 11 is 0. The Hall–Kier alpha value is -1.10. The van der Waals surface area contributed by atoms with Gasteiger partial charge in [-0.3, -0.25) is 0 Å². The van der Waals surface area contributed by atoms with Gasteiger partial charge in [0.05, 0.1) is 5.52 Å². The van der Waals surface area contributed by atoms with Crippen LogP contribution in [0.2, 0.25) is 0 Å². The Balaban J connectivity index is 0.000000902. The molecule has 1 aliphatic rings. The molecule has 1 aromatic carbocycles. The van der Waals surface area contributed by atoms with Crippen LogP contribution in [0.5, 0.6) is 6.01 Å². The van der Waals surface area contributed by atoms with Gasteiger partial charge in [-0.1, -0.05) is 18.2 Å². The highest BCUT2D eigenvalue weighted by Gasteiger charge is 2.15. The molecule has 0 bridgehead atoms. The van der Waals surface area contributed by atoms with E-state index in [0.717, 1.165) is 36.8 Å². The predicted octanol–water partition coefficient (Wildman–Crippen LogP) is 2.60. The number of para-hydroxylation sites is 1. The van der Waals surface area contributed by atoms with Crippen molar-refractivity contribution in [2.24, 2.45) is 0 Å². The number of ether oxygens (including phenoxy) is 1. The molecule has 4 nitrogen and oxygen atoms in total. The minimum absolute atomic E-state index is 0. The molecule has 0 unspecified atom stereocenters. The van der Waals surface area contributed by atoms with Gasteiger partial charge in [0.1, 0.15) is 6.10 Å². The molecule has 19 heavy (non-hydrogen) atoms. The zero-order valence-electron chi connectivity index (χ0n) is 10.4. The molecule has 2 heterocycles. The lowest BCUT2D eigenvalue weighted by atomic mass is 10.1. The number of halogens is 2. The molecule has 2 aromatic rings. The number of fused-ring (bicyclic) bond motifs is 1. The van der Waals surface area contributed by atoms with Crippen molar-refractivity contribution in [1.82, 2.24) is 15.3 Å². The van der Waals surface area contributed by atoms with Crippen molar-refractivity contribution < 1.29 is 4.74 Å². The van der Waals surface area contributed by atoms with Crippen LogP contribution in [0.4, 0.5) is 0 Å². The molecule has 0 aliphatic carbocycles. The first-order valence-corrected chi connectivity index (χ1v) is 6.01. The summed E-state index contributed by atoms with van der Waals surface area (Å²) in [6.07, 6.45) is 4.11. The van der Waals surface area contributed by atoms with E-state index in [1.54, 1.807) is 0 Å². The van der Waals surface area contributed by atoms with Crippen LogP contribution in [-0.2, 0) is 0 Å². The average molecular weight is 302 g/mol. The van der Waals surface area contributed by atoms with Crippen LogP contribution in [0.3, 0.4) is 0 Å². The molecule has 0 spiro atoms. The van der Waals surface area contributed by atoms with Crippen LogP contribution in [-0.4, -0.2) is 29.2 Å². The van der Waals surface area contributed by atoms with Gasteiger partial charge in [0.2, 0.25) is 0 Å². The van der Waals surface area contributed by atoms with Crippen molar-refractivity contribution in [3.05, 3.63) is 30.5 Å². The fourth-order valence-corrected chi connectivity index (χ4v) is 2.07. The van der Waals surface area contributed by atoms with Gasteiger partial charge >= 0.3 is 6.01 Å². The average Bonchev–Trinajstić information content (AvgIpc) is 2.40. The SMILES string of the molecule is Cl.Cl.c1ccc2nc(OC3CCNCC3)ncc2c1. The summed E-state index contributed by atoms with van der Waals surface area (Å²) in [6, 6.07) is 8.44. The minimum Gasteiger partial charge on any atom is -0.460 e. The van der Waals surface area contributed by atoms with Crippen molar-refractivity contribution in [3.8, 4) is 6.01 Å². The van der Waals surface area contributed by atoms with Crippen LogP contribution in [0, 0.1) is 0 Å². The van der Waals surface area contributed by atoms with E-state index in [1.807, 2.05) is 30.5 Å². The smallest absolute Gasteiger partial charge is 0.317 e. The second-order valence-corrected chi connectivity index (χ2v) is 4.28. The second-order valence-electron chi connectivity index (χ2n) is 4.28. The van der Waals surface area contributed by atoms with E-state index in [9.17, 15) is 0 Å². The van der Waals surface area contributed by atoms with Crippen molar-refractivity contribution in [2.45, 2.75) is 18.9 Å². The van der Waals surface area contributed by atoms with Gasteiger partial charge in [0.25, 0.3) is 0 Å². The summed E-state index contributed by atoms with van der Waals surface area (Å²) in [5, 5.41) is 4.36. The first kappa shape index (κ1) is 16.0. The lowest BCUT2D eigenvalue weighted by Crippen LogP contribution is -2.34. The van der Waals surface area contributed by atoms with Crippen LogP contribution in [0.15, 0.2) is 30.5 Å². The molecule has 0 atom stereocenters. The molecule has 1 saturated heterocycles. The van der Waals surface area contributed by atoms with Gasteiger partial charge in [-0.25, -0.2) is 4.98 Å². The van der Waals surface area contributed by atoms with E-state index < -0.39 is 0 Å². The van der Waals surface area contributed by atoms with E-state index in [4.69, 9.17) is 4.74 Å².